The van der Waals surface area contributed by atoms with Crippen molar-refractivity contribution in [1.82, 2.24) is 0 Å². The van der Waals surface area contributed by atoms with E-state index in [0.29, 0.717) is 51.6 Å². The van der Waals surface area contributed by atoms with Crippen molar-refractivity contribution in [1.29, 1.82) is 0 Å². The molecule has 7 rings (SSSR count). The molecule has 6 atom stereocenters. The maximum atomic E-state index is 12.8. The average molecular weight is 671 g/mol. The predicted molar refractivity (Wildman–Crippen MR) is 177 cm³/mol. The number of hydrogen-bond donors (Lipinski definition) is 0. The van der Waals surface area contributed by atoms with Gasteiger partial charge in [-0.1, -0.05) is 30.3 Å². The number of benzene rings is 4. The summed E-state index contributed by atoms with van der Waals surface area (Å²) in [5, 5.41) is 0. The third-order valence-electron chi connectivity index (χ3n) is 9.39. The summed E-state index contributed by atoms with van der Waals surface area (Å²) >= 11 is 0. The molecule has 0 saturated carbocycles. The molecule has 4 aromatic rings. The molecule has 0 aromatic heterocycles. The number of ether oxygens (including phenoxy) is 10. The van der Waals surface area contributed by atoms with Crippen LogP contribution in [0.25, 0.3) is 0 Å². The second kappa shape index (κ2) is 13.0. The molecule has 49 heavy (non-hydrogen) atoms. The zero-order valence-electron chi connectivity index (χ0n) is 28.3. The van der Waals surface area contributed by atoms with Gasteiger partial charge in [-0.2, -0.15) is 0 Å². The molecule has 4 aromatic carbocycles. The van der Waals surface area contributed by atoms with Crippen molar-refractivity contribution in [2.75, 3.05) is 42.7 Å². The van der Waals surface area contributed by atoms with Crippen molar-refractivity contribution < 1.29 is 52.2 Å². The third-order valence-corrected chi connectivity index (χ3v) is 9.39. The Kier molecular flexibility index (Phi) is 8.54. The molecule has 11 heteroatoms. The lowest BCUT2D eigenvalue weighted by Gasteiger charge is -2.50. The van der Waals surface area contributed by atoms with Gasteiger partial charge >= 0.3 is 5.97 Å². The largest absolute Gasteiger partial charge is 0.497 e. The SMILES string of the molecule is COc1ccc([C@H]2Oc3c(OC)c(OC)cc4c3[C@@H](O[C@@H]3[C@@H]4c4ccc(OC)c(OC)c4O[C@@H]3c3ccc(OC)cc3)[C@@H]2OC(C)=O)cc1. The van der Waals surface area contributed by atoms with Gasteiger partial charge in [0.15, 0.2) is 41.3 Å². The summed E-state index contributed by atoms with van der Waals surface area (Å²) in [4.78, 5) is 12.8. The van der Waals surface area contributed by atoms with Gasteiger partial charge < -0.3 is 47.4 Å². The first-order chi connectivity index (χ1) is 23.8. The van der Waals surface area contributed by atoms with Crippen LogP contribution in [0.3, 0.4) is 0 Å². The van der Waals surface area contributed by atoms with Crippen molar-refractivity contribution in [3.63, 3.8) is 0 Å². The van der Waals surface area contributed by atoms with E-state index in [-0.39, 0.29) is 0 Å². The van der Waals surface area contributed by atoms with Crippen LogP contribution in [0.5, 0.6) is 46.0 Å². The van der Waals surface area contributed by atoms with Crippen molar-refractivity contribution >= 4 is 5.97 Å². The van der Waals surface area contributed by atoms with Crippen LogP contribution in [0.4, 0.5) is 0 Å². The zero-order chi connectivity index (χ0) is 34.4. The van der Waals surface area contributed by atoms with Crippen molar-refractivity contribution in [3.8, 4) is 46.0 Å². The highest BCUT2D eigenvalue weighted by molar-refractivity contribution is 5.69. The lowest BCUT2D eigenvalue weighted by molar-refractivity contribution is -0.191. The van der Waals surface area contributed by atoms with E-state index in [1.54, 1.807) is 42.7 Å². The van der Waals surface area contributed by atoms with E-state index < -0.39 is 42.4 Å². The molecule has 0 N–H and O–H groups in total. The normalized spacial score (nSPS) is 22.9. The molecule has 11 nitrogen and oxygen atoms in total. The van der Waals surface area contributed by atoms with Crippen LogP contribution >= 0.6 is 0 Å². The van der Waals surface area contributed by atoms with Gasteiger partial charge in [-0.05, 0) is 53.1 Å². The Morgan fingerprint density at radius 1 is 0.592 bits per heavy atom. The van der Waals surface area contributed by atoms with E-state index in [0.717, 1.165) is 22.3 Å². The Labute approximate surface area is 284 Å². The minimum atomic E-state index is -0.875. The fourth-order valence-electron chi connectivity index (χ4n) is 7.23. The maximum Gasteiger partial charge on any atom is 0.303 e. The second-order valence-corrected chi connectivity index (χ2v) is 11.9. The Balaban J connectivity index is 1.49. The van der Waals surface area contributed by atoms with Crippen LogP contribution in [0.2, 0.25) is 0 Å². The topological polar surface area (TPSA) is 109 Å². The molecule has 3 aliphatic rings. The smallest absolute Gasteiger partial charge is 0.303 e. The highest BCUT2D eigenvalue weighted by atomic mass is 16.6. The highest BCUT2D eigenvalue weighted by Gasteiger charge is 2.55. The van der Waals surface area contributed by atoms with Crippen LogP contribution in [0.15, 0.2) is 66.7 Å². The van der Waals surface area contributed by atoms with Crippen LogP contribution in [-0.4, -0.2) is 60.8 Å². The summed E-state index contributed by atoms with van der Waals surface area (Å²) in [7, 11) is 9.54. The Bertz CT molecular complexity index is 1850. The van der Waals surface area contributed by atoms with E-state index in [2.05, 4.69) is 0 Å². The van der Waals surface area contributed by atoms with Gasteiger partial charge in [0.1, 0.15) is 23.7 Å². The molecule has 256 valence electrons. The number of fused-ring (bicyclic) bond motifs is 4. The Morgan fingerprint density at radius 2 is 1.16 bits per heavy atom. The van der Waals surface area contributed by atoms with Crippen LogP contribution in [0, 0.1) is 0 Å². The van der Waals surface area contributed by atoms with E-state index in [9.17, 15) is 4.79 Å². The van der Waals surface area contributed by atoms with Gasteiger partial charge in [-0.25, -0.2) is 0 Å². The van der Waals surface area contributed by atoms with Gasteiger partial charge in [-0.15, -0.1) is 0 Å². The van der Waals surface area contributed by atoms with Crippen molar-refractivity contribution in [2.24, 2.45) is 0 Å². The monoisotopic (exact) mass is 670 g/mol. The molecule has 0 saturated heterocycles. The van der Waals surface area contributed by atoms with Crippen LogP contribution in [-0.2, 0) is 14.3 Å². The molecule has 0 fully saturated rings. The minimum Gasteiger partial charge on any atom is -0.497 e. The number of rotatable bonds is 9. The highest BCUT2D eigenvalue weighted by Crippen LogP contribution is 2.63. The molecular formula is C38H38O11. The van der Waals surface area contributed by atoms with E-state index in [1.807, 2.05) is 66.7 Å². The molecule has 0 unspecified atom stereocenters. The molecule has 3 aliphatic heterocycles. The summed E-state index contributed by atoms with van der Waals surface area (Å²) in [6.45, 7) is 1.38. The second-order valence-electron chi connectivity index (χ2n) is 11.9. The standard InChI is InChI=1S/C38H38O11/c1-19(39)46-38-31(21-10-14-23(41-3)15-11-21)48-36-29-25(18-27(43-5)34(36)45-7)28-24-16-17-26(42-4)33(44-6)32(24)47-30(35(28)49-37(29)38)20-8-12-22(40-2)13-9-20/h8-18,28,30-31,35,37-38H,1-7H3/t28-,30-,31-,35-,37-,38-/m1/s1. The van der Waals surface area contributed by atoms with Gasteiger partial charge in [-0.3, -0.25) is 4.79 Å². The summed E-state index contributed by atoms with van der Waals surface area (Å²) in [5.41, 5.74) is 3.98. The number of carbonyl (C=O) groups is 1. The molecule has 0 aliphatic carbocycles. The van der Waals surface area contributed by atoms with Gasteiger partial charge in [0.2, 0.25) is 11.5 Å². The lowest BCUT2D eigenvalue weighted by Crippen LogP contribution is -2.48. The third kappa shape index (κ3) is 5.29. The van der Waals surface area contributed by atoms with E-state index in [4.69, 9.17) is 47.4 Å². The van der Waals surface area contributed by atoms with E-state index >= 15 is 0 Å². The Morgan fingerprint density at radius 3 is 1.71 bits per heavy atom. The quantitative estimate of drug-likeness (QED) is 0.182. The summed E-state index contributed by atoms with van der Waals surface area (Å²) in [6.07, 6.45) is -3.65. The molecule has 0 amide bonds. The first-order valence-corrected chi connectivity index (χ1v) is 15.8. The molecule has 0 spiro atoms. The predicted octanol–water partition coefficient (Wildman–Crippen LogP) is 6.51. The van der Waals surface area contributed by atoms with Crippen LogP contribution in [0.1, 0.15) is 59.0 Å². The van der Waals surface area contributed by atoms with E-state index in [1.165, 1.54) is 6.92 Å². The zero-order valence-corrected chi connectivity index (χ0v) is 28.3. The number of carbonyl (C=O) groups excluding carboxylic acids is 1. The fraction of sp³-hybridized carbons (Fsp3) is 0.342. The fourth-order valence-corrected chi connectivity index (χ4v) is 7.23. The number of hydrogen-bond acceptors (Lipinski definition) is 11. The number of methoxy groups -OCH3 is 6. The first kappa shape index (κ1) is 32.3. The summed E-state index contributed by atoms with van der Waals surface area (Å²) < 4.78 is 61.2. The van der Waals surface area contributed by atoms with Crippen molar-refractivity contribution in [3.05, 3.63) is 94.5 Å². The Hall–Kier alpha value is -5.29. The van der Waals surface area contributed by atoms with Gasteiger partial charge in [0, 0.05) is 24.0 Å². The van der Waals surface area contributed by atoms with Crippen LogP contribution < -0.4 is 37.9 Å². The molecule has 0 radical (unpaired) electrons. The molecule has 0 bridgehead atoms. The number of esters is 1. The molecular weight excluding hydrogens is 632 g/mol. The molecule has 3 heterocycles. The van der Waals surface area contributed by atoms with Gasteiger partial charge in [0.05, 0.1) is 42.7 Å². The van der Waals surface area contributed by atoms with Crippen molar-refractivity contribution in [2.45, 2.75) is 43.4 Å². The minimum absolute atomic E-state index is 0.402. The average Bonchev–Trinajstić information content (AvgIpc) is 3.14. The first-order valence-electron chi connectivity index (χ1n) is 15.8. The van der Waals surface area contributed by atoms with Gasteiger partial charge in [0.25, 0.3) is 0 Å². The lowest BCUT2D eigenvalue weighted by atomic mass is 9.73. The maximum absolute atomic E-state index is 12.8. The summed E-state index contributed by atoms with van der Waals surface area (Å²) in [5.74, 6) is 3.34. The summed E-state index contributed by atoms with van der Waals surface area (Å²) in [6, 6.07) is 20.8.